The highest BCUT2D eigenvalue weighted by Gasteiger charge is 2.28. The molecule has 0 saturated heterocycles. The third kappa shape index (κ3) is 3.17. The molecule has 0 unspecified atom stereocenters. The minimum absolute atomic E-state index is 0.405. The van der Waals surface area contributed by atoms with Gasteiger partial charge >= 0.3 is 0 Å². The molecule has 1 aromatic heterocycles. The van der Waals surface area contributed by atoms with Crippen LogP contribution < -0.4 is 10.6 Å². The van der Waals surface area contributed by atoms with Crippen molar-refractivity contribution in [3.05, 3.63) is 11.9 Å². The van der Waals surface area contributed by atoms with Crippen LogP contribution in [0.3, 0.4) is 0 Å². The number of anilines is 2. The van der Waals surface area contributed by atoms with Gasteiger partial charge in [0.25, 0.3) is 0 Å². The summed E-state index contributed by atoms with van der Waals surface area (Å²) in [6.45, 7) is 7.75. The number of rotatable bonds is 5. The predicted octanol–water partition coefficient (Wildman–Crippen LogP) is 3.63. The molecule has 0 atom stereocenters. The van der Waals surface area contributed by atoms with Crippen LogP contribution in [0.1, 0.15) is 57.9 Å². The maximum Gasteiger partial charge on any atom is 0.135 e. The fourth-order valence-electron chi connectivity index (χ4n) is 2.98. The van der Waals surface area contributed by atoms with Crippen molar-refractivity contribution in [1.82, 2.24) is 9.97 Å². The Bertz CT molecular complexity index is 422. The van der Waals surface area contributed by atoms with Gasteiger partial charge in [0.2, 0.25) is 0 Å². The fourth-order valence-corrected chi connectivity index (χ4v) is 2.98. The molecule has 2 N–H and O–H groups in total. The van der Waals surface area contributed by atoms with E-state index >= 15 is 0 Å². The van der Waals surface area contributed by atoms with Crippen LogP contribution in [-0.2, 0) is 0 Å². The molecule has 0 radical (unpaired) electrons. The van der Waals surface area contributed by atoms with E-state index in [0.717, 1.165) is 18.2 Å². The second kappa shape index (κ2) is 5.76. The van der Waals surface area contributed by atoms with E-state index in [0.29, 0.717) is 11.3 Å². The van der Waals surface area contributed by atoms with Gasteiger partial charge in [-0.2, -0.15) is 0 Å². The van der Waals surface area contributed by atoms with Gasteiger partial charge in [0.1, 0.15) is 18.0 Å². The van der Waals surface area contributed by atoms with Gasteiger partial charge in [-0.15, -0.1) is 0 Å². The smallest absolute Gasteiger partial charge is 0.135 e. The molecule has 19 heavy (non-hydrogen) atoms. The van der Waals surface area contributed by atoms with E-state index in [1.54, 1.807) is 6.33 Å². The van der Waals surface area contributed by atoms with Crippen LogP contribution in [-0.4, -0.2) is 23.6 Å². The molecule has 0 spiro atoms. The van der Waals surface area contributed by atoms with Gasteiger partial charge < -0.3 is 10.6 Å². The van der Waals surface area contributed by atoms with Crippen molar-refractivity contribution in [2.45, 2.75) is 52.4 Å². The van der Waals surface area contributed by atoms with Crippen molar-refractivity contribution in [1.29, 1.82) is 0 Å². The summed E-state index contributed by atoms with van der Waals surface area (Å²) in [6, 6.07) is 0. The number of aromatic nitrogens is 2. The van der Waals surface area contributed by atoms with E-state index in [2.05, 4.69) is 41.4 Å². The molecule has 0 bridgehead atoms. The quantitative estimate of drug-likeness (QED) is 0.850. The van der Waals surface area contributed by atoms with Crippen molar-refractivity contribution >= 4 is 11.6 Å². The lowest BCUT2D eigenvalue weighted by molar-refractivity contribution is 0.361. The molecule has 0 amide bonds. The first-order valence-electron chi connectivity index (χ1n) is 7.32. The largest absolute Gasteiger partial charge is 0.373 e. The molecule has 1 aromatic rings. The highest BCUT2D eigenvalue weighted by molar-refractivity contribution is 5.58. The van der Waals surface area contributed by atoms with Crippen molar-refractivity contribution in [3.63, 3.8) is 0 Å². The summed E-state index contributed by atoms with van der Waals surface area (Å²) in [5.74, 6) is 2.33. The van der Waals surface area contributed by atoms with Crippen LogP contribution in [0.25, 0.3) is 0 Å². The first kappa shape index (κ1) is 14.1. The van der Waals surface area contributed by atoms with Crippen LogP contribution in [0.4, 0.5) is 11.6 Å². The van der Waals surface area contributed by atoms with E-state index in [4.69, 9.17) is 0 Å². The Morgan fingerprint density at radius 3 is 2.42 bits per heavy atom. The van der Waals surface area contributed by atoms with E-state index < -0.39 is 0 Å². The van der Waals surface area contributed by atoms with Gasteiger partial charge in [-0.05, 0) is 24.2 Å². The van der Waals surface area contributed by atoms with Gasteiger partial charge in [0.05, 0.1) is 0 Å². The summed E-state index contributed by atoms with van der Waals surface area (Å²) < 4.78 is 0. The minimum Gasteiger partial charge on any atom is -0.373 e. The molecule has 0 aromatic carbocycles. The topological polar surface area (TPSA) is 49.8 Å². The number of nitrogens with one attached hydrogen (secondary N) is 2. The van der Waals surface area contributed by atoms with Crippen molar-refractivity contribution < 1.29 is 0 Å². The van der Waals surface area contributed by atoms with E-state index in [9.17, 15) is 0 Å². The summed E-state index contributed by atoms with van der Waals surface area (Å²) in [5.41, 5.74) is 1.62. The van der Waals surface area contributed by atoms with Crippen molar-refractivity contribution in [2.75, 3.05) is 24.2 Å². The molecule has 1 aliphatic carbocycles. The predicted molar refractivity (Wildman–Crippen MR) is 80.7 cm³/mol. The molecule has 1 saturated carbocycles. The SMILES string of the molecule is CNc1ncnc(NCC2(C)CCCC2)c1C(C)C. The van der Waals surface area contributed by atoms with Crippen LogP contribution in [0, 0.1) is 5.41 Å². The third-order valence-corrected chi connectivity index (χ3v) is 4.19. The van der Waals surface area contributed by atoms with Gasteiger partial charge in [-0.1, -0.05) is 33.6 Å². The molecular weight excluding hydrogens is 236 g/mol. The fraction of sp³-hybridized carbons (Fsp3) is 0.733. The van der Waals surface area contributed by atoms with Gasteiger partial charge in [0.15, 0.2) is 0 Å². The van der Waals surface area contributed by atoms with Crippen LogP contribution in [0.15, 0.2) is 6.33 Å². The standard InChI is InChI=1S/C15H26N4/c1-11(2)12-13(16-4)18-10-19-14(12)17-9-15(3)7-5-6-8-15/h10-11H,5-9H2,1-4H3,(H2,16,17,18,19). The minimum atomic E-state index is 0.405. The Kier molecular flexibility index (Phi) is 4.27. The zero-order valence-electron chi connectivity index (χ0n) is 12.6. The highest BCUT2D eigenvalue weighted by Crippen LogP contribution is 2.38. The summed E-state index contributed by atoms with van der Waals surface area (Å²) in [6.07, 6.45) is 7.00. The molecule has 4 heteroatoms. The average Bonchev–Trinajstić information content (AvgIpc) is 2.83. The molecule has 1 aliphatic rings. The summed E-state index contributed by atoms with van der Waals surface area (Å²) in [7, 11) is 1.91. The maximum absolute atomic E-state index is 4.44. The zero-order chi connectivity index (χ0) is 13.9. The lowest BCUT2D eigenvalue weighted by Gasteiger charge is -2.25. The highest BCUT2D eigenvalue weighted by atomic mass is 15.1. The lowest BCUT2D eigenvalue weighted by atomic mass is 9.89. The molecule has 106 valence electrons. The van der Waals surface area contributed by atoms with E-state index in [1.807, 2.05) is 7.05 Å². The molecule has 1 fully saturated rings. The van der Waals surface area contributed by atoms with Crippen LogP contribution in [0.5, 0.6) is 0 Å². The second-order valence-electron chi connectivity index (χ2n) is 6.26. The second-order valence-corrected chi connectivity index (χ2v) is 6.26. The third-order valence-electron chi connectivity index (χ3n) is 4.19. The first-order valence-corrected chi connectivity index (χ1v) is 7.32. The Morgan fingerprint density at radius 2 is 1.84 bits per heavy atom. The summed E-state index contributed by atoms with van der Waals surface area (Å²) >= 11 is 0. The molecular formula is C15H26N4. The zero-order valence-corrected chi connectivity index (χ0v) is 12.6. The Labute approximate surface area is 116 Å². The normalized spacial score (nSPS) is 17.7. The Hall–Kier alpha value is -1.32. The average molecular weight is 262 g/mol. The lowest BCUT2D eigenvalue weighted by Crippen LogP contribution is -2.24. The van der Waals surface area contributed by atoms with Crippen LogP contribution >= 0.6 is 0 Å². The molecule has 2 rings (SSSR count). The first-order chi connectivity index (χ1) is 9.06. The molecule has 4 nitrogen and oxygen atoms in total. The number of hydrogen-bond acceptors (Lipinski definition) is 4. The molecule has 0 aliphatic heterocycles. The monoisotopic (exact) mass is 262 g/mol. The van der Waals surface area contributed by atoms with E-state index in [1.165, 1.54) is 31.2 Å². The van der Waals surface area contributed by atoms with Gasteiger partial charge in [0, 0.05) is 19.2 Å². The van der Waals surface area contributed by atoms with Crippen molar-refractivity contribution in [3.8, 4) is 0 Å². The summed E-state index contributed by atoms with van der Waals surface area (Å²) in [5, 5.41) is 6.72. The summed E-state index contributed by atoms with van der Waals surface area (Å²) in [4.78, 5) is 8.75. The maximum atomic E-state index is 4.44. The number of nitrogens with zero attached hydrogens (tertiary/aromatic N) is 2. The van der Waals surface area contributed by atoms with Gasteiger partial charge in [-0.3, -0.25) is 0 Å². The van der Waals surface area contributed by atoms with Gasteiger partial charge in [-0.25, -0.2) is 9.97 Å². The van der Waals surface area contributed by atoms with E-state index in [-0.39, 0.29) is 0 Å². The molecule has 1 heterocycles. The number of hydrogen-bond donors (Lipinski definition) is 2. The Morgan fingerprint density at radius 1 is 1.21 bits per heavy atom. The van der Waals surface area contributed by atoms with Crippen molar-refractivity contribution in [2.24, 2.45) is 5.41 Å². The van der Waals surface area contributed by atoms with Crippen LogP contribution in [0.2, 0.25) is 0 Å². The Balaban J connectivity index is 2.15.